The van der Waals surface area contributed by atoms with Gasteiger partial charge in [0, 0.05) is 18.0 Å². The van der Waals surface area contributed by atoms with Crippen LogP contribution in [-0.4, -0.2) is 36.9 Å². The largest absolute Gasteiger partial charge is 0.494 e. The van der Waals surface area contributed by atoms with Gasteiger partial charge in [0.2, 0.25) is 0 Å². The van der Waals surface area contributed by atoms with Crippen molar-refractivity contribution in [3.8, 4) is 5.75 Å². The zero-order chi connectivity index (χ0) is 19.6. The number of carbonyl (C=O) groups is 3. The van der Waals surface area contributed by atoms with Crippen LogP contribution in [0.1, 0.15) is 62.7 Å². The zero-order valence-corrected chi connectivity index (χ0v) is 16.2. The second-order valence-corrected chi connectivity index (χ2v) is 7.13. The van der Waals surface area contributed by atoms with Gasteiger partial charge in [-0.05, 0) is 56.4 Å². The fourth-order valence-electron chi connectivity index (χ4n) is 3.19. The predicted octanol–water partition coefficient (Wildman–Crippen LogP) is 3.29. The van der Waals surface area contributed by atoms with Gasteiger partial charge in [0.1, 0.15) is 5.75 Å². The number of benzene rings is 1. The second kappa shape index (κ2) is 10.7. The summed E-state index contributed by atoms with van der Waals surface area (Å²) < 4.78 is 10.6. The van der Waals surface area contributed by atoms with Crippen molar-refractivity contribution in [3.05, 3.63) is 29.8 Å². The first kappa shape index (κ1) is 20.9. The Balaban J connectivity index is 1.57. The van der Waals surface area contributed by atoms with E-state index in [0.29, 0.717) is 30.3 Å². The lowest BCUT2D eigenvalue weighted by molar-refractivity contribution is -0.149. The lowest BCUT2D eigenvalue weighted by Gasteiger charge is -2.29. The molecule has 2 rings (SSSR count). The minimum absolute atomic E-state index is 0.00581. The Morgan fingerprint density at radius 2 is 1.81 bits per heavy atom. The van der Waals surface area contributed by atoms with E-state index in [-0.39, 0.29) is 30.8 Å². The minimum atomic E-state index is -0.405. The standard InChI is InChI=1S/C21H29NO5/c1-15-6-3-4-7-19(15)22-20(24)14-27-21(25)8-5-13-26-18-11-9-17(10-12-18)16(2)23/h9-12,15,19H,3-8,13-14H2,1-2H3,(H,22,24)/t15-,19-/m1/s1. The number of Topliss-reactive ketones (excluding diaryl/α,β-unsaturated/α-hetero) is 1. The van der Waals surface area contributed by atoms with Crippen LogP contribution in [0.25, 0.3) is 0 Å². The van der Waals surface area contributed by atoms with Crippen LogP contribution in [0.5, 0.6) is 5.75 Å². The summed E-state index contributed by atoms with van der Waals surface area (Å²) in [6.07, 6.45) is 5.15. The monoisotopic (exact) mass is 375 g/mol. The molecular weight excluding hydrogens is 346 g/mol. The molecule has 6 nitrogen and oxygen atoms in total. The first-order valence-electron chi connectivity index (χ1n) is 9.64. The third-order valence-corrected chi connectivity index (χ3v) is 4.88. The maximum absolute atomic E-state index is 11.9. The molecule has 0 bridgehead atoms. The van der Waals surface area contributed by atoms with Crippen molar-refractivity contribution in [2.75, 3.05) is 13.2 Å². The van der Waals surface area contributed by atoms with Gasteiger partial charge < -0.3 is 14.8 Å². The van der Waals surface area contributed by atoms with Crippen molar-refractivity contribution in [2.24, 2.45) is 5.92 Å². The van der Waals surface area contributed by atoms with Crippen LogP contribution in [0.15, 0.2) is 24.3 Å². The van der Waals surface area contributed by atoms with Crippen molar-refractivity contribution < 1.29 is 23.9 Å². The molecule has 0 saturated heterocycles. The molecule has 1 N–H and O–H groups in total. The lowest BCUT2D eigenvalue weighted by Crippen LogP contribution is -2.42. The van der Waals surface area contributed by atoms with Gasteiger partial charge in [-0.15, -0.1) is 0 Å². The molecule has 0 heterocycles. The molecule has 1 fully saturated rings. The summed E-state index contributed by atoms with van der Waals surface area (Å²) in [5.74, 6) is 0.488. The molecular formula is C21H29NO5. The molecule has 0 radical (unpaired) electrons. The second-order valence-electron chi connectivity index (χ2n) is 7.13. The highest BCUT2D eigenvalue weighted by Crippen LogP contribution is 2.23. The smallest absolute Gasteiger partial charge is 0.306 e. The van der Waals surface area contributed by atoms with Crippen LogP contribution in [0.3, 0.4) is 0 Å². The molecule has 1 amide bonds. The van der Waals surface area contributed by atoms with Crippen LogP contribution in [0.4, 0.5) is 0 Å². The molecule has 1 aliphatic rings. The minimum Gasteiger partial charge on any atom is -0.494 e. The average Bonchev–Trinajstić information content (AvgIpc) is 2.66. The highest BCUT2D eigenvalue weighted by Gasteiger charge is 2.23. The molecule has 0 spiro atoms. The number of hydrogen-bond donors (Lipinski definition) is 1. The Bertz CT molecular complexity index is 640. The van der Waals surface area contributed by atoms with E-state index in [1.165, 1.54) is 13.3 Å². The molecule has 0 aliphatic heterocycles. The maximum atomic E-state index is 11.9. The number of esters is 1. The van der Waals surface area contributed by atoms with Gasteiger partial charge in [-0.2, -0.15) is 0 Å². The Hall–Kier alpha value is -2.37. The molecule has 1 aromatic carbocycles. The quantitative estimate of drug-likeness (QED) is 0.407. The molecule has 0 aromatic heterocycles. The van der Waals surface area contributed by atoms with E-state index in [1.54, 1.807) is 24.3 Å². The molecule has 6 heteroatoms. The fourth-order valence-corrected chi connectivity index (χ4v) is 3.19. The number of amides is 1. The Kier molecular flexibility index (Phi) is 8.30. The maximum Gasteiger partial charge on any atom is 0.306 e. The Labute approximate surface area is 160 Å². The summed E-state index contributed by atoms with van der Waals surface area (Å²) in [4.78, 5) is 34.9. The number of hydrogen-bond acceptors (Lipinski definition) is 5. The molecule has 148 valence electrons. The van der Waals surface area contributed by atoms with Crippen LogP contribution >= 0.6 is 0 Å². The summed E-state index contributed by atoms with van der Waals surface area (Å²) in [6, 6.07) is 7.06. The van der Waals surface area contributed by atoms with Gasteiger partial charge in [0.25, 0.3) is 5.91 Å². The van der Waals surface area contributed by atoms with E-state index in [2.05, 4.69) is 12.2 Å². The van der Waals surface area contributed by atoms with Crippen molar-refractivity contribution in [1.29, 1.82) is 0 Å². The first-order chi connectivity index (χ1) is 13.0. The molecule has 0 unspecified atom stereocenters. The molecule has 2 atom stereocenters. The van der Waals surface area contributed by atoms with Gasteiger partial charge in [0.15, 0.2) is 12.4 Å². The number of carbonyl (C=O) groups excluding carboxylic acids is 3. The van der Waals surface area contributed by atoms with Crippen molar-refractivity contribution >= 4 is 17.7 Å². The third kappa shape index (κ3) is 7.41. The predicted molar refractivity (Wildman–Crippen MR) is 102 cm³/mol. The normalized spacial score (nSPS) is 19.2. The fraction of sp³-hybridized carbons (Fsp3) is 0.571. The summed E-state index contributed by atoms with van der Waals surface area (Å²) in [7, 11) is 0. The first-order valence-corrected chi connectivity index (χ1v) is 9.64. The molecule has 1 aromatic rings. The average molecular weight is 375 g/mol. The van der Waals surface area contributed by atoms with Gasteiger partial charge in [0.05, 0.1) is 6.61 Å². The van der Waals surface area contributed by atoms with Gasteiger partial charge in [-0.25, -0.2) is 0 Å². The van der Waals surface area contributed by atoms with Crippen LogP contribution in [0, 0.1) is 5.92 Å². The summed E-state index contributed by atoms with van der Waals surface area (Å²) in [5.41, 5.74) is 0.631. The van der Waals surface area contributed by atoms with Crippen molar-refractivity contribution in [3.63, 3.8) is 0 Å². The van der Waals surface area contributed by atoms with Gasteiger partial charge in [-0.3, -0.25) is 14.4 Å². The van der Waals surface area contributed by atoms with E-state index in [4.69, 9.17) is 9.47 Å². The number of ether oxygens (including phenoxy) is 2. The number of rotatable bonds is 9. The summed E-state index contributed by atoms with van der Waals surface area (Å²) >= 11 is 0. The molecule has 1 aliphatic carbocycles. The van der Waals surface area contributed by atoms with E-state index in [0.717, 1.165) is 19.3 Å². The summed E-state index contributed by atoms with van der Waals surface area (Å²) in [5, 5.41) is 2.96. The van der Waals surface area contributed by atoms with Crippen LogP contribution < -0.4 is 10.1 Å². The van der Waals surface area contributed by atoms with E-state index < -0.39 is 5.97 Å². The topological polar surface area (TPSA) is 81.7 Å². The van der Waals surface area contributed by atoms with Crippen LogP contribution in [0.2, 0.25) is 0 Å². The van der Waals surface area contributed by atoms with E-state index in [9.17, 15) is 14.4 Å². The molecule has 1 saturated carbocycles. The highest BCUT2D eigenvalue weighted by molar-refractivity contribution is 5.94. The number of ketones is 1. The lowest BCUT2D eigenvalue weighted by atomic mass is 9.86. The Morgan fingerprint density at radius 1 is 1.11 bits per heavy atom. The van der Waals surface area contributed by atoms with E-state index in [1.807, 2.05) is 0 Å². The van der Waals surface area contributed by atoms with Crippen molar-refractivity contribution in [2.45, 2.75) is 58.4 Å². The Morgan fingerprint density at radius 3 is 2.48 bits per heavy atom. The molecule has 27 heavy (non-hydrogen) atoms. The van der Waals surface area contributed by atoms with Gasteiger partial charge >= 0.3 is 5.97 Å². The van der Waals surface area contributed by atoms with Crippen LogP contribution in [-0.2, 0) is 14.3 Å². The SMILES string of the molecule is CC(=O)c1ccc(OCCCC(=O)OCC(=O)N[C@@H]2CCCC[C@H]2C)cc1. The van der Waals surface area contributed by atoms with Gasteiger partial charge in [-0.1, -0.05) is 19.8 Å². The number of nitrogens with one attached hydrogen (secondary N) is 1. The third-order valence-electron chi connectivity index (χ3n) is 4.88. The highest BCUT2D eigenvalue weighted by atomic mass is 16.5. The summed E-state index contributed by atoms with van der Waals surface area (Å²) in [6.45, 7) is 3.79. The van der Waals surface area contributed by atoms with Crippen molar-refractivity contribution in [1.82, 2.24) is 5.32 Å². The van der Waals surface area contributed by atoms with E-state index >= 15 is 0 Å². The zero-order valence-electron chi connectivity index (χ0n) is 16.2.